The first-order valence-electron chi connectivity index (χ1n) is 4.33. The Labute approximate surface area is 56.6 Å². The van der Waals surface area contributed by atoms with Crippen LogP contribution in [0.25, 0.3) is 0 Å². The molecule has 0 nitrogen and oxygen atoms in total. The Balaban J connectivity index is 1.97. The summed E-state index contributed by atoms with van der Waals surface area (Å²) in [5, 5.41) is 0. The zero-order valence-corrected chi connectivity index (χ0v) is 6.06. The predicted molar refractivity (Wildman–Crippen MR) is 37.0 cm³/mol. The second-order valence-electron chi connectivity index (χ2n) is 4.49. The Bertz CT molecular complexity index is 157. The molecule has 0 saturated heterocycles. The lowest BCUT2D eigenvalue weighted by Crippen LogP contribution is -2.28. The monoisotopic (exact) mass is 122 g/mol. The van der Waals surface area contributed by atoms with E-state index in [9.17, 15) is 0 Å². The van der Waals surface area contributed by atoms with Crippen LogP contribution in [0.3, 0.4) is 0 Å². The first kappa shape index (κ1) is 4.76. The third kappa shape index (κ3) is 0.342. The molecule has 0 radical (unpaired) electrons. The third-order valence-corrected chi connectivity index (χ3v) is 4.28. The second kappa shape index (κ2) is 1.09. The summed E-state index contributed by atoms with van der Waals surface area (Å²) in [5.74, 6) is 3.48. The predicted octanol–water partition coefficient (Wildman–Crippen LogP) is 2.44. The van der Waals surface area contributed by atoms with Gasteiger partial charge in [0.2, 0.25) is 0 Å². The van der Waals surface area contributed by atoms with Gasteiger partial charge in [0.05, 0.1) is 0 Å². The Morgan fingerprint density at radius 1 is 1.44 bits per heavy atom. The highest BCUT2D eigenvalue weighted by Gasteiger charge is 2.68. The van der Waals surface area contributed by atoms with Crippen molar-refractivity contribution in [1.29, 1.82) is 0 Å². The molecule has 0 heterocycles. The summed E-state index contributed by atoms with van der Waals surface area (Å²) >= 11 is 0. The highest BCUT2D eigenvalue weighted by molar-refractivity contribution is 5.18. The van der Waals surface area contributed by atoms with Crippen LogP contribution in [0.2, 0.25) is 0 Å². The molecule has 4 atom stereocenters. The number of hydrogen-bond acceptors (Lipinski definition) is 0. The molecule has 0 amide bonds. The standard InChI is InChI=1S/C9H14/c1-6-4-7-5-9(7)3-2-8(6)9/h6-8H,2-5H2,1H3. The minimum absolute atomic E-state index is 0.972. The summed E-state index contributed by atoms with van der Waals surface area (Å²) in [6.07, 6.45) is 6.34. The first-order chi connectivity index (χ1) is 4.33. The van der Waals surface area contributed by atoms with Gasteiger partial charge in [-0.05, 0) is 48.9 Å². The molecule has 3 saturated carbocycles. The van der Waals surface area contributed by atoms with E-state index < -0.39 is 0 Å². The van der Waals surface area contributed by atoms with Crippen molar-refractivity contribution in [2.75, 3.05) is 0 Å². The highest BCUT2D eigenvalue weighted by Crippen LogP contribution is 2.77. The molecule has 50 valence electrons. The smallest absolute Gasteiger partial charge is 0.0235 e. The summed E-state index contributed by atoms with van der Waals surface area (Å²) in [6, 6.07) is 0. The Hall–Kier alpha value is 0. The van der Waals surface area contributed by atoms with E-state index in [1.165, 1.54) is 11.8 Å². The molecule has 0 aromatic carbocycles. The Kier molecular flexibility index (Phi) is 0.574. The average Bonchev–Trinajstić information content (AvgIpc) is 2.35. The quantitative estimate of drug-likeness (QED) is 0.463. The molecule has 9 heavy (non-hydrogen) atoms. The molecule has 3 aliphatic carbocycles. The zero-order valence-electron chi connectivity index (χ0n) is 6.06. The SMILES string of the molecule is CC1CC2CC23CCC13. The zero-order chi connectivity index (χ0) is 6.06. The Morgan fingerprint density at radius 2 is 2.33 bits per heavy atom. The van der Waals surface area contributed by atoms with Gasteiger partial charge in [-0.2, -0.15) is 0 Å². The van der Waals surface area contributed by atoms with Gasteiger partial charge in [-0.1, -0.05) is 6.92 Å². The molecule has 3 fully saturated rings. The minimum Gasteiger partial charge on any atom is -0.0622 e. The molecule has 4 unspecified atom stereocenters. The lowest BCUT2D eigenvalue weighted by Gasteiger charge is -2.37. The maximum absolute atomic E-state index is 2.46. The lowest BCUT2D eigenvalue weighted by molar-refractivity contribution is 0.126. The van der Waals surface area contributed by atoms with Gasteiger partial charge in [0.15, 0.2) is 0 Å². The summed E-state index contributed by atoms with van der Waals surface area (Å²) in [4.78, 5) is 0. The van der Waals surface area contributed by atoms with E-state index in [1.54, 1.807) is 25.7 Å². The van der Waals surface area contributed by atoms with Crippen molar-refractivity contribution in [1.82, 2.24) is 0 Å². The van der Waals surface area contributed by atoms with E-state index in [4.69, 9.17) is 0 Å². The molecule has 3 aliphatic rings. The average molecular weight is 122 g/mol. The van der Waals surface area contributed by atoms with Crippen LogP contribution < -0.4 is 0 Å². The largest absolute Gasteiger partial charge is 0.0622 e. The van der Waals surface area contributed by atoms with Crippen LogP contribution in [0.1, 0.15) is 32.6 Å². The van der Waals surface area contributed by atoms with Crippen molar-refractivity contribution < 1.29 is 0 Å². The van der Waals surface area contributed by atoms with Crippen LogP contribution in [0, 0.1) is 23.2 Å². The fourth-order valence-electron chi connectivity index (χ4n) is 3.62. The molecule has 0 N–H and O–H groups in total. The lowest BCUT2D eigenvalue weighted by atomic mass is 9.68. The molecule has 0 aromatic rings. The molecule has 3 rings (SSSR count). The molecule has 0 bridgehead atoms. The van der Waals surface area contributed by atoms with Crippen molar-refractivity contribution >= 4 is 0 Å². The van der Waals surface area contributed by atoms with Gasteiger partial charge in [-0.3, -0.25) is 0 Å². The van der Waals surface area contributed by atoms with Crippen molar-refractivity contribution in [3.63, 3.8) is 0 Å². The first-order valence-corrected chi connectivity index (χ1v) is 4.33. The van der Waals surface area contributed by atoms with Crippen molar-refractivity contribution in [3.8, 4) is 0 Å². The van der Waals surface area contributed by atoms with E-state index in [2.05, 4.69) is 6.92 Å². The topological polar surface area (TPSA) is 0 Å². The number of rotatable bonds is 0. The van der Waals surface area contributed by atoms with Gasteiger partial charge in [-0.25, -0.2) is 0 Å². The summed E-state index contributed by atoms with van der Waals surface area (Å²) in [6.45, 7) is 2.46. The summed E-state index contributed by atoms with van der Waals surface area (Å²) in [5.41, 5.74) is 0.972. The van der Waals surface area contributed by atoms with Crippen LogP contribution in [0.4, 0.5) is 0 Å². The van der Waals surface area contributed by atoms with Gasteiger partial charge in [0.25, 0.3) is 0 Å². The van der Waals surface area contributed by atoms with Gasteiger partial charge in [-0.15, -0.1) is 0 Å². The fraction of sp³-hybridized carbons (Fsp3) is 1.00. The summed E-state index contributed by atoms with van der Waals surface area (Å²) < 4.78 is 0. The third-order valence-electron chi connectivity index (χ3n) is 4.28. The molecular weight excluding hydrogens is 108 g/mol. The second-order valence-corrected chi connectivity index (χ2v) is 4.49. The van der Waals surface area contributed by atoms with Crippen molar-refractivity contribution in [2.45, 2.75) is 32.6 Å². The Morgan fingerprint density at radius 3 is 2.67 bits per heavy atom. The molecular formula is C9H14. The van der Waals surface area contributed by atoms with Crippen LogP contribution >= 0.6 is 0 Å². The van der Waals surface area contributed by atoms with Crippen LogP contribution in [0.15, 0.2) is 0 Å². The molecule has 0 heteroatoms. The fourth-order valence-corrected chi connectivity index (χ4v) is 3.62. The van der Waals surface area contributed by atoms with E-state index in [1.807, 2.05) is 0 Å². The normalized spacial score (nSPS) is 68.3. The maximum Gasteiger partial charge on any atom is -0.0235 e. The van der Waals surface area contributed by atoms with Gasteiger partial charge in [0.1, 0.15) is 0 Å². The molecule has 0 aliphatic heterocycles. The van der Waals surface area contributed by atoms with Gasteiger partial charge < -0.3 is 0 Å². The molecule has 1 spiro atoms. The van der Waals surface area contributed by atoms with Gasteiger partial charge >= 0.3 is 0 Å². The minimum atomic E-state index is 0.972. The van der Waals surface area contributed by atoms with Crippen molar-refractivity contribution in [2.24, 2.45) is 23.2 Å². The van der Waals surface area contributed by atoms with Gasteiger partial charge in [0, 0.05) is 0 Å². The van der Waals surface area contributed by atoms with E-state index in [-0.39, 0.29) is 0 Å². The maximum atomic E-state index is 2.46. The van der Waals surface area contributed by atoms with E-state index in [0.717, 1.165) is 11.3 Å². The number of hydrogen-bond donors (Lipinski definition) is 0. The highest BCUT2D eigenvalue weighted by atomic mass is 14.7. The van der Waals surface area contributed by atoms with Crippen molar-refractivity contribution in [3.05, 3.63) is 0 Å². The van der Waals surface area contributed by atoms with E-state index in [0.29, 0.717) is 0 Å². The van der Waals surface area contributed by atoms with Crippen LogP contribution in [0.5, 0.6) is 0 Å². The van der Waals surface area contributed by atoms with Crippen LogP contribution in [-0.2, 0) is 0 Å². The van der Waals surface area contributed by atoms with E-state index >= 15 is 0 Å². The van der Waals surface area contributed by atoms with Crippen LogP contribution in [-0.4, -0.2) is 0 Å². The summed E-state index contributed by atoms with van der Waals surface area (Å²) in [7, 11) is 0. The molecule has 0 aromatic heterocycles.